The number of fused-ring (bicyclic) bond motifs is 2. The van der Waals surface area contributed by atoms with Gasteiger partial charge in [-0.1, -0.05) is 30.4 Å². The van der Waals surface area contributed by atoms with E-state index in [1.165, 1.54) is 10.7 Å². The molecule has 0 aliphatic carbocycles. The third kappa shape index (κ3) is 5.16. The molecular formula is C25H30N4O4. The number of ether oxygens (including phenoxy) is 1. The second kappa shape index (κ2) is 10.0. The molecule has 33 heavy (non-hydrogen) atoms. The van der Waals surface area contributed by atoms with Gasteiger partial charge in [-0.3, -0.25) is 14.4 Å². The van der Waals surface area contributed by atoms with Gasteiger partial charge in [0, 0.05) is 19.7 Å². The van der Waals surface area contributed by atoms with E-state index in [9.17, 15) is 14.4 Å². The lowest BCUT2D eigenvalue weighted by atomic mass is 9.91. The van der Waals surface area contributed by atoms with Gasteiger partial charge in [0.15, 0.2) is 6.61 Å². The van der Waals surface area contributed by atoms with Crippen molar-refractivity contribution < 1.29 is 14.3 Å². The number of hydrogen-bond acceptors (Lipinski definition) is 5. The molecule has 4 rings (SSSR count). The predicted octanol–water partition coefficient (Wildman–Crippen LogP) is 1.95. The number of hydrogen-bond donors (Lipinski definition) is 0. The largest absolute Gasteiger partial charge is 0.483 e. The number of allylic oxidation sites excluding steroid dienone is 1. The molecule has 1 fully saturated rings. The Bertz CT molecular complexity index is 1110. The summed E-state index contributed by atoms with van der Waals surface area (Å²) in [6.45, 7) is 2.23. The van der Waals surface area contributed by atoms with Crippen LogP contribution in [0.25, 0.3) is 0 Å². The zero-order valence-corrected chi connectivity index (χ0v) is 19.1. The molecular weight excluding hydrogens is 420 g/mol. The maximum atomic E-state index is 13.3. The third-order valence-corrected chi connectivity index (χ3v) is 6.45. The summed E-state index contributed by atoms with van der Waals surface area (Å²) >= 11 is 0. The van der Waals surface area contributed by atoms with Gasteiger partial charge >= 0.3 is 0 Å². The summed E-state index contributed by atoms with van der Waals surface area (Å²) in [5.41, 5.74) is 1.39. The van der Waals surface area contributed by atoms with E-state index >= 15 is 0 Å². The number of piperidine rings is 1. The Balaban J connectivity index is 1.59. The number of carbonyl (C=O) groups is 2. The lowest BCUT2D eigenvalue weighted by Gasteiger charge is -2.45. The minimum atomic E-state index is -0.302. The van der Waals surface area contributed by atoms with Gasteiger partial charge in [0.25, 0.3) is 11.5 Å². The molecule has 174 valence electrons. The molecule has 2 aliphatic heterocycles. The number of carbonyl (C=O) groups excluding carboxylic acids is 2. The standard InChI is InChI=1S/C25H30N4O4/c1-18-13-14-23(30)29(26-18)16-24(31)28-15-7-11-20-21(28)10-5-3-8-19-9-4-6-12-22(19)33-17-25(32)27(20)2/h3-6,9,12-14,20-21H,7-8,10-11,15-17H2,1-2H3/b5-3+/t20-,21-/m1/s1. The van der Waals surface area contributed by atoms with Crippen molar-refractivity contribution in [2.45, 2.75) is 51.2 Å². The van der Waals surface area contributed by atoms with Crippen LogP contribution in [0.4, 0.5) is 0 Å². The first-order chi connectivity index (χ1) is 15.9. The first-order valence-electron chi connectivity index (χ1n) is 11.4. The van der Waals surface area contributed by atoms with Crippen LogP contribution in [-0.4, -0.2) is 63.7 Å². The fraction of sp³-hybridized carbons (Fsp3) is 0.440. The number of nitrogens with zero attached hydrogens (tertiary/aromatic N) is 4. The molecule has 1 aromatic carbocycles. The van der Waals surface area contributed by atoms with E-state index in [1.54, 1.807) is 24.9 Å². The highest BCUT2D eigenvalue weighted by atomic mass is 16.5. The second-order valence-corrected chi connectivity index (χ2v) is 8.65. The second-order valence-electron chi connectivity index (χ2n) is 8.65. The first-order valence-corrected chi connectivity index (χ1v) is 11.4. The van der Waals surface area contributed by atoms with Crippen molar-refractivity contribution in [3.05, 3.63) is 70.2 Å². The number of benzene rings is 1. The predicted molar refractivity (Wildman–Crippen MR) is 124 cm³/mol. The maximum Gasteiger partial charge on any atom is 0.267 e. The molecule has 1 saturated heterocycles. The van der Waals surface area contributed by atoms with Crippen LogP contribution in [0.3, 0.4) is 0 Å². The van der Waals surface area contributed by atoms with Crippen LogP contribution in [-0.2, 0) is 22.6 Å². The lowest BCUT2D eigenvalue weighted by Crippen LogP contribution is -2.58. The maximum absolute atomic E-state index is 13.3. The smallest absolute Gasteiger partial charge is 0.267 e. The van der Waals surface area contributed by atoms with Crippen LogP contribution in [0.2, 0.25) is 0 Å². The van der Waals surface area contributed by atoms with Crippen molar-refractivity contribution in [3.63, 3.8) is 0 Å². The molecule has 0 radical (unpaired) electrons. The van der Waals surface area contributed by atoms with E-state index in [-0.39, 0.29) is 42.6 Å². The van der Waals surface area contributed by atoms with Crippen LogP contribution in [0.15, 0.2) is 53.3 Å². The average Bonchev–Trinajstić information content (AvgIpc) is 2.82. The van der Waals surface area contributed by atoms with Crippen LogP contribution >= 0.6 is 0 Å². The molecule has 1 aromatic heterocycles. The van der Waals surface area contributed by atoms with Crippen LogP contribution in [0.5, 0.6) is 5.75 Å². The van der Waals surface area contributed by atoms with Crippen LogP contribution in [0, 0.1) is 6.92 Å². The van der Waals surface area contributed by atoms with E-state index in [1.807, 2.05) is 29.2 Å². The SMILES string of the molecule is Cc1ccc(=O)n(CC(=O)N2CCC[C@@H]3[C@H]2C/C=C/Cc2ccccc2OCC(=O)N3C)n1. The number of amides is 2. The van der Waals surface area contributed by atoms with Crippen molar-refractivity contribution in [3.8, 4) is 5.75 Å². The number of rotatable bonds is 2. The summed E-state index contributed by atoms with van der Waals surface area (Å²) in [7, 11) is 1.78. The highest BCUT2D eigenvalue weighted by Gasteiger charge is 2.37. The van der Waals surface area contributed by atoms with Gasteiger partial charge in [-0.25, -0.2) is 4.68 Å². The number of aryl methyl sites for hydroxylation is 1. The highest BCUT2D eigenvalue weighted by Crippen LogP contribution is 2.27. The zero-order valence-electron chi connectivity index (χ0n) is 19.1. The molecule has 8 heteroatoms. The third-order valence-electron chi connectivity index (χ3n) is 6.45. The Labute approximate surface area is 193 Å². The summed E-state index contributed by atoms with van der Waals surface area (Å²) in [5.74, 6) is 0.445. The van der Waals surface area contributed by atoms with Crippen LogP contribution < -0.4 is 10.3 Å². The van der Waals surface area contributed by atoms with Crippen molar-refractivity contribution in [1.82, 2.24) is 19.6 Å². The van der Waals surface area contributed by atoms with Gasteiger partial charge in [0.05, 0.1) is 17.8 Å². The quantitative estimate of drug-likeness (QED) is 0.653. The minimum absolute atomic E-state index is 0.0446. The molecule has 2 aliphatic rings. The molecule has 2 amide bonds. The number of para-hydroxylation sites is 1. The fourth-order valence-corrected chi connectivity index (χ4v) is 4.65. The number of likely N-dealkylation sites (tertiary alicyclic amines) is 1. The minimum Gasteiger partial charge on any atom is -0.483 e. The Morgan fingerprint density at radius 2 is 1.94 bits per heavy atom. The average molecular weight is 451 g/mol. The molecule has 8 nitrogen and oxygen atoms in total. The van der Waals surface area contributed by atoms with E-state index in [0.29, 0.717) is 25.1 Å². The molecule has 0 bridgehead atoms. The Kier molecular flexibility index (Phi) is 6.91. The van der Waals surface area contributed by atoms with Crippen molar-refractivity contribution in [1.29, 1.82) is 0 Å². The van der Waals surface area contributed by atoms with E-state index < -0.39 is 0 Å². The Morgan fingerprint density at radius 3 is 2.79 bits per heavy atom. The topological polar surface area (TPSA) is 84.7 Å². The normalized spacial score (nSPS) is 22.3. The summed E-state index contributed by atoms with van der Waals surface area (Å²) in [6, 6.07) is 10.5. The molecule has 3 heterocycles. The fourth-order valence-electron chi connectivity index (χ4n) is 4.65. The molecule has 0 saturated carbocycles. The molecule has 2 aromatic rings. The van der Waals surface area contributed by atoms with Crippen molar-refractivity contribution in [2.75, 3.05) is 20.2 Å². The van der Waals surface area contributed by atoms with E-state index in [0.717, 1.165) is 24.2 Å². The van der Waals surface area contributed by atoms with E-state index in [4.69, 9.17) is 4.74 Å². The molecule has 0 spiro atoms. The first kappa shape index (κ1) is 22.8. The van der Waals surface area contributed by atoms with Gasteiger partial charge in [0.2, 0.25) is 5.91 Å². The van der Waals surface area contributed by atoms with E-state index in [2.05, 4.69) is 17.3 Å². The van der Waals surface area contributed by atoms with Crippen molar-refractivity contribution >= 4 is 11.8 Å². The monoisotopic (exact) mass is 450 g/mol. The summed E-state index contributed by atoms with van der Waals surface area (Å²) < 4.78 is 7.06. The van der Waals surface area contributed by atoms with Gasteiger partial charge in [-0.05, 0) is 50.3 Å². The van der Waals surface area contributed by atoms with Gasteiger partial charge in [0.1, 0.15) is 12.3 Å². The number of aromatic nitrogens is 2. The summed E-state index contributed by atoms with van der Waals surface area (Å²) in [6.07, 6.45) is 7.09. The highest BCUT2D eigenvalue weighted by molar-refractivity contribution is 5.79. The summed E-state index contributed by atoms with van der Waals surface area (Å²) in [4.78, 5) is 42.0. The van der Waals surface area contributed by atoms with Gasteiger partial charge < -0.3 is 14.5 Å². The van der Waals surface area contributed by atoms with Gasteiger partial charge in [-0.2, -0.15) is 5.10 Å². The molecule has 0 unspecified atom stereocenters. The Morgan fingerprint density at radius 1 is 1.12 bits per heavy atom. The zero-order chi connectivity index (χ0) is 23.4. The Hall–Kier alpha value is -3.42. The van der Waals surface area contributed by atoms with Crippen molar-refractivity contribution in [2.24, 2.45) is 0 Å². The number of likely N-dealkylation sites (N-methyl/N-ethyl adjacent to an activating group) is 1. The lowest BCUT2D eigenvalue weighted by molar-refractivity contribution is -0.144. The molecule has 2 atom stereocenters. The summed E-state index contributed by atoms with van der Waals surface area (Å²) in [5, 5.41) is 4.21. The van der Waals surface area contributed by atoms with Gasteiger partial charge in [-0.15, -0.1) is 0 Å². The van der Waals surface area contributed by atoms with Crippen LogP contribution in [0.1, 0.15) is 30.5 Å². The molecule has 0 N–H and O–H groups in total.